The van der Waals surface area contributed by atoms with E-state index in [1.165, 1.54) is 30.3 Å². The number of rotatable bonds is 8. The fourth-order valence-electron chi connectivity index (χ4n) is 4.17. The van der Waals surface area contributed by atoms with Gasteiger partial charge in [0.2, 0.25) is 0 Å². The van der Waals surface area contributed by atoms with Crippen LogP contribution in [0.25, 0.3) is 10.8 Å². The van der Waals surface area contributed by atoms with E-state index in [9.17, 15) is 26.4 Å². The Morgan fingerprint density at radius 3 is 2.26 bits per heavy atom. The van der Waals surface area contributed by atoms with Crippen LogP contribution in [-0.2, 0) is 23.8 Å². The molecule has 1 aliphatic heterocycles. The highest BCUT2D eigenvalue weighted by Gasteiger charge is 2.45. The first-order valence-corrected chi connectivity index (χ1v) is 13.2. The number of alkyl halides is 3. The zero-order chi connectivity index (χ0) is 27.5. The van der Waals surface area contributed by atoms with Gasteiger partial charge in [-0.3, -0.25) is 9.69 Å². The summed E-state index contributed by atoms with van der Waals surface area (Å²) in [5.41, 5.74) is 0.244. The first-order chi connectivity index (χ1) is 18.0. The van der Waals surface area contributed by atoms with Crippen molar-refractivity contribution in [1.29, 1.82) is 0 Å². The van der Waals surface area contributed by atoms with E-state index in [0.717, 1.165) is 12.1 Å². The fourth-order valence-corrected chi connectivity index (χ4v) is 5.44. The van der Waals surface area contributed by atoms with Gasteiger partial charge in [0.25, 0.3) is 10.1 Å². The summed E-state index contributed by atoms with van der Waals surface area (Å²) in [6, 6.07) is 13.6. The summed E-state index contributed by atoms with van der Waals surface area (Å²) >= 11 is 0. The molecule has 0 bridgehead atoms. The summed E-state index contributed by atoms with van der Waals surface area (Å²) in [6.45, 7) is 2.15. The van der Waals surface area contributed by atoms with Gasteiger partial charge in [0.05, 0.1) is 19.8 Å². The zero-order valence-corrected chi connectivity index (χ0v) is 21.6. The summed E-state index contributed by atoms with van der Waals surface area (Å²) in [5.74, 6) is -0.542. The van der Waals surface area contributed by atoms with E-state index >= 15 is 0 Å². The summed E-state index contributed by atoms with van der Waals surface area (Å²) in [4.78, 5) is 15.4. The average molecular weight is 553 g/mol. The third kappa shape index (κ3) is 6.44. The number of fused-ring (bicyclic) bond motifs is 1. The maximum atomic E-state index is 14.0. The zero-order valence-electron chi connectivity index (χ0n) is 20.8. The van der Waals surface area contributed by atoms with Gasteiger partial charge >= 0.3 is 12.1 Å². The van der Waals surface area contributed by atoms with Crippen LogP contribution in [0.1, 0.15) is 11.7 Å². The van der Waals surface area contributed by atoms with Gasteiger partial charge in [0, 0.05) is 43.6 Å². The highest BCUT2D eigenvalue weighted by molar-refractivity contribution is 7.87. The number of nitrogens with zero attached hydrogens (tertiary/aromatic N) is 2. The largest absolute Gasteiger partial charge is 0.426 e. The predicted molar refractivity (Wildman–Crippen MR) is 135 cm³/mol. The molecule has 1 fully saturated rings. The minimum atomic E-state index is -5.04. The van der Waals surface area contributed by atoms with E-state index in [1.807, 2.05) is 4.90 Å². The van der Waals surface area contributed by atoms with Crippen molar-refractivity contribution in [2.75, 3.05) is 51.8 Å². The highest BCUT2D eigenvalue weighted by Crippen LogP contribution is 2.40. The molecule has 1 aliphatic rings. The van der Waals surface area contributed by atoms with Crippen molar-refractivity contribution in [3.05, 3.63) is 66.2 Å². The van der Waals surface area contributed by atoms with Crippen molar-refractivity contribution in [3.63, 3.8) is 0 Å². The molecule has 0 aromatic heterocycles. The van der Waals surface area contributed by atoms with Gasteiger partial charge in [-0.1, -0.05) is 36.4 Å². The van der Waals surface area contributed by atoms with Crippen LogP contribution in [0.2, 0.25) is 0 Å². The second-order valence-electron chi connectivity index (χ2n) is 8.93. The van der Waals surface area contributed by atoms with Gasteiger partial charge in [-0.2, -0.15) is 21.6 Å². The molecule has 0 radical (unpaired) electrons. The Labute approximate surface area is 218 Å². The number of carbonyl (C=O) groups excluding carboxylic acids is 1. The molecule has 38 heavy (non-hydrogen) atoms. The third-order valence-electron chi connectivity index (χ3n) is 6.00. The van der Waals surface area contributed by atoms with Crippen LogP contribution in [0.3, 0.4) is 0 Å². The van der Waals surface area contributed by atoms with E-state index in [0.29, 0.717) is 37.4 Å². The monoisotopic (exact) mass is 552 g/mol. The summed E-state index contributed by atoms with van der Waals surface area (Å²) in [5, 5.41) is 0.788. The lowest BCUT2D eigenvalue weighted by Crippen LogP contribution is -2.40. The second kappa shape index (κ2) is 11.3. The van der Waals surface area contributed by atoms with Crippen molar-refractivity contribution in [1.82, 2.24) is 4.90 Å². The molecular formula is C26H27F3N2O6S. The first kappa shape index (κ1) is 27.8. The Hall–Kier alpha value is -3.19. The Morgan fingerprint density at radius 2 is 1.63 bits per heavy atom. The molecule has 3 aromatic rings. The highest BCUT2D eigenvalue weighted by atomic mass is 32.2. The smallest absolute Gasteiger partial charge is 0.420 e. The van der Waals surface area contributed by atoms with Crippen LogP contribution in [0.4, 0.5) is 18.9 Å². The number of carbonyl (C=O) groups is 1. The van der Waals surface area contributed by atoms with Crippen molar-refractivity contribution < 1.29 is 40.0 Å². The molecule has 4 rings (SSSR count). The second-order valence-corrected chi connectivity index (χ2v) is 10.5. The third-order valence-corrected chi connectivity index (χ3v) is 7.34. The number of anilines is 1. The number of benzene rings is 3. The summed E-state index contributed by atoms with van der Waals surface area (Å²) in [6.07, 6.45) is -7.81. The fraction of sp³-hybridized carbons (Fsp3) is 0.346. The Kier molecular flexibility index (Phi) is 8.26. The number of hydrogen-bond acceptors (Lipinski definition) is 8. The lowest BCUT2D eigenvalue weighted by molar-refractivity contribution is -0.196. The van der Waals surface area contributed by atoms with Crippen LogP contribution < -0.4 is 9.64 Å². The molecule has 8 nitrogen and oxygen atoms in total. The quantitative estimate of drug-likeness (QED) is 0.234. The molecule has 1 saturated heterocycles. The maximum Gasteiger partial charge on any atom is 0.420 e. The standard InChI is InChI=1S/C26H27F3N2O6S/c1-30(2)22-7-3-6-21-20(22)5-4-8-23(21)38(33,34)37-25(26(27,28)29)18-9-11-19(12-10-18)36-24(32)17-31-13-15-35-16-14-31/h3-12,25H,13-17H2,1-2H3. The normalized spacial score (nSPS) is 15.8. The number of morpholine rings is 1. The predicted octanol–water partition coefficient (Wildman–Crippen LogP) is 4.15. The van der Waals surface area contributed by atoms with Gasteiger partial charge in [-0.05, 0) is 29.8 Å². The summed E-state index contributed by atoms with van der Waals surface area (Å²) < 4.78 is 83.6. The molecule has 0 N–H and O–H groups in total. The SMILES string of the molecule is CN(C)c1cccc2c(S(=O)(=O)OC(c3ccc(OC(=O)CN4CCOCC4)cc3)C(F)(F)F)cccc12. The molecular weight excluding hydrogens is 525 g/mol. The Bertz CT molecular complexity index is 1390. The minimum absolute atomic E-state index is 0.0121. The van der Waals surface area contributed by atoms with Gasteiger partial charge in [-0.15, -0.1) is 0 Å². The van der Waals surface area contributed by atoms with Gasteiger partial charge in [-0.25, -0.2) is 4.18 Å². The molecule has 1 unspecified atom stereocenters. The molecule has 1 atom stereocenters. The molecule has 204 valence electrons. The van der Waals surface area contributed by atoms with Gasteiger partial charge in [0.15, 0.2) is 6.10 Å². The molecule has 0 amide bonds. The topological polar surface area (TPSA) is 85.4 Å². The molecule has 12 heteroatoms. The summed E-state index contributed by atoms with van der Waals surface area (Å²) in [7, 11) is -1.30. The van der Waals surface area contributed by atoms with Crippen LogP contribution >= 0.6 is 0 Å². The molecule has 3 aromatic carbocycles. The molecule has 0 aliphatic carbocycles. The molecule has 0 spiro atoms. The number of hydrogen-bond donors (Lipinski definition) is 0. The van der Waals surface area contributed by atoms with E-state index in [2.05, 4.69) is 0 Å². The maximum absolute atomic E-state index is 14.0. The van der Waals surface area contributed by atoms with Crippen molar-refractivity contribution in [2.45, 2.75) is 17.2 Å². The van der Waals surface area contributed by atoms with E-state index < -0.39 is 33.9 Å². The van der Waals surface area contributed by atoms with Crippen LogP contribution in [-0.4, -0.2) is 72.4 Å². The Balaban J connectivity index is 1.56. The van der Waals surface area contributed by atoms with E-state index in [-0.39, 0.29) is 22.6 Å². The number of halogens is 3. The molecule has 1 heterocycles. The van der Waals surface area contributed by atoms with Crippen LogP contribution in [0.5, 0.6) is 5.75 Å². The first-order valence-electron chi connectivity index (χ1n) is 11.8. The van der Waals surface area contributed by atoms with Crippen molar-refractivity contribution in [2.24, 2.45) is 0 Å². The van der Waals surface area contributed by atoms with E-state index in [1.54, 1.807) is 37.2 Å². The molecule has 0 saturated carbocycles. The number of ether oxygens (including phenoxy) is 2. The van der Waals surface area contributed by atoms with Gasteiger partial charge < -0.3 is 14.4 Å². The van der Waals surface area contributed by atoms with E-state index in [4.69, 9.17) is 13.7 Å². The van der Waals surface area contributed by atoms with Crippen LogP contribution in [0, 0.1) is 0 Å². The lowest BCUT2D eigenvalue weighted by atomic mass is 10.1. The lowest BCUT2D eigenvalue weighted by Gasteiger charge is -2.25. The van der Waals surface area contributed by atoms with Crippen LogP contribution in [0.15, 0.2) is 65.6 Å². The average Bonchev–Trinajstić information content (AvgIpc) is 2.87. The Morgan fingerprint density at radius 1 is 1.00 bits per heavy atom. The number of esters is 1. The minimum Gasteiger partial charge on any atom is -0.426 e. The van der Waals surface area contributed by atoms with Crippen molar-refractivity contribution in [3.8, 4) is 5.75 Å². The van der Waals surface area contributed by atoms with Gasteiger partial charge in [0.1, 0.15) is 10.6 Å². The van der Waals surface area contributed by atoms with Crippen molar-refractivity contribution >= 4 is 32.5 Å².